The molecule has 43 heavy (non-hydrogen) atoms. The van der Waals surface area contributed by atoms with Crippen molar-refractivity contribution < 1.29 is 41.0 Å². The lowest BCUT2D eigenvalue weighted by atomic mass is 9.93. The molecule has 1 aromatic heterocycles. The summed E-state index contributed by atoms with van der Waals surface area (Å²) in [6.07, 6.45) is -1.91. The molecule has 4 rings (SSSR count). The molecule has 1 unspecified atom stereocenters. The van der Waals surface area contributed by atoms with E-state index in [2.05, 4.69) is 9.72 Å². The van der Waals surface area contributed by atoms with Crippen LogP contribution in [-0.4, -0.2) is 41.4 Å². The van der Waals surface area contributed by atoms with Crippen LogP contribution in [0.4, 0.5) is 18.9 Å². The number of aromatic hydroxyl groups is 1. The number of aliphatic carboxylic acids is 1. The summed E-state index contributed by atoms with van der Waals surface area (Å²) < 4.78 is 69.0. The van der Waals surface area contributed by atoms with E-state index in [-0.39, 0.29) is 35.5 Å². The Balaban J connectivity index is 1.60. The van der Waals surface area contributed by atoms with Crippen molar-refractivity contribution in [2.45, 2.75) is 30.6 Å². The van der Waals surface area contributed by atoms with Crippen molar-refractivity contribution in [3.05, 3.63) is 119 Å². The van der Waals surface area contributed by atoms with E-state index < -0.39 is 39.8 Å². The first kappa shape index (κ1) is 31.5. The quantitative estimate of drug-likeness (QED) is 0.142. The summed E-state index contributed by atoms with van der Waals surface area (Å²) in [4.78, 5) is 28.5. The summed E-state index contributed by atoms with van der Waals surface area (Å²) in [5.41, 5.74) is 1.58. The van der Waals surface area contributed by atoms with Crippen molar-refractivity contribution in [1.29, 1.82) is 0 Å². The first-order valence-electron chi connectivity index (χ1n) is 12.7. The molecule has 8 nitrogen and oxygen atoms in total. The largest absolute Gasteiger partial charge is 0.694 e. The number of carbonyl (C=O) groups excluding carboxylic acids is 1. The van der Waals surface area contributed by atoms with Gasteiger partial charge in [-0.2, -0.15) is 0 Å². The summed E-state index contributed by atoms with van der Waals surface area (Å²) in [7, 11) is -4.31. The normalized spacial score (nSPS) is 12.4. The van der Waals surface area contributed by atoms with E-state index in [1.807, 2.05) is 0 Å². The average molecular weight is 634 g/mol. The van der Waals surface area contributed by atoms with Crippen molar-refractivity contribution in [3.63, 3.8) is 0 Å². The summed E-state index contributed by atoms with van der Waals surface area (Å²) in [6.45, 7) is -0.159. The number of ether oxygens (including phenoxy) is 1. The molecule has 1 atom stereocenters. The lowest BCUT2D eigenvalue weighted by Crippen LogP contribution is -2.30. The number of ketones is 1. The van der Waals surface area contributed by atoms with Gasteiger partial charge in [-0.25, -0.2) is 8.42 Å². The van der Waals surface area contributed by atoms with Crippen LogP contribution in [0.15, 0.2) is 102 Å². The van der Waals surface area contributed by atoms with Gasteiger partial charge in [0.15, 0.2) is 5.78 Å². The molecule has 3 aromatic carbocycles. The van der Waals surface area contributed by atoms with E-state index in [0.717, 1.165) is 28.6 Å². The maximum Gasteiger partial charge on any atom is 0.694 e. The Hall–Kier alpha value is -4.42. The van der Waals surface area contributed by atoms with Gasteiger partial charge in [-0.1, -0.05) is 43.0 Å². The molecular weight excluding hydrogens is 609 g/mol. The van der Waals surface area contributed by atoms with Gasteiger partial charge in [-0.05, 0) is 72.1 Å². The summed E-state index contributed by atoms with van der Waals surface area (Å²) >= 11 is 5.97. The Morgan fingerprint density at radius 1 is 0.930 bits per heavy atom. The Morgan fingerprint density at radius 2 is 1.58 bits per heavy atom. The summed E-state index contributed by atoms with van der Waals surface area (Å²) in [5, 5.41) is 10.1. The number of halogens is 4. The van der Waals surface area contributed by atoms with Gasteiger partial charge in [0.25, 0.3) is 15.8 Å². The number of sulfonamides is 1. The number of rotatable bonds is 12. The number of hydrogen-bond acceptors (Lipinski definition) is 5. The van der Waals surface area contributed by atoms with Gasteiger partial charge in [-0.15, -0.1) is 0 Å². The molecule has 0 saturated carbocycles. The van der Waals surface area contributed by atoms with Gasteiger partial charge in [-0.3, -0.25) is 18.9 Å². The number of hydrogen-bond donors (Lipinski definition) is 1. The second-order valence-electron chi connectivity index (χ2n) is 9.49. The highest BCUT2D eigenvalue weighted by Gasteiger charge is 2.38. The lowest BCUT2D eigenvalue weighted by Gasteiger charge is -2.25. The Labute approximate surface area is 250 Å². The minimum Gasteiger partial charge on any atom is -0.500 e. The third-order valence-corrected chi connectivity index (χ3v) is 8.42. The van der Waals surface area contributed by atoms with Gasteiger partial charge in [0.05, 0.1) is 23.0 Å². The highest BCUT2D eigenvalue weighted by molar-refractivity contribution is 7.92. The van der Waals surface area contributed by atoms with E-state index in [9.17, 15) is 36.3 Å². The zero-order chi connectivity index (χ0) is 31.2. The number of aromatic nitrogens is 1. The minimum absolute atomic E-state index is 0.106. The first-order chi connectivity index (χ1) is 20.3. The van der Waals surface area contributed by atoms with Gasteiger partial charge in [0.1, 0.15) is 0 Å². The standard InChI is InChI=1S/C30H24ClF3N2O6S/c31-24-7-3-20(4-8-24)19-36(43(40,41)27-13-11-26(12-14-27)42-30(32,33)34)25-9-5-22(6-10-25)28(37)17-23(29(38)39)16-21-2-1-15-35-18-21/h1-15,18,23H,16-17,19H2,(H,38,39)/p+1. The molecule has 1 heterocycles. The van der Waals surface area contributed by atoms with Gasteiger partial charge in [0.2, 0.25) is 0 Å². The van der Waals surface area contributed by atoms with Crippen molar-refractivity contribution in [2.75, 3.05) is 4.31 Å². The molecule has 4 aromatic rings. The second-order valence-corrected chi connectivity index (χ2v) is 11.8. The number of aliphatic hydroxyl groups is 1. The van der Waals surface area contributed by atoms with Gasteiger partial charge < -0.3 is 9.84 Å². The van der Waals surface area contributed by atoms with Gasteiger partial charge in [0, 0.05) is 41.5 Å². The van der Waals surface area contributed by atoms with Crippen LogP contribution in [0, 0.1) is 5.92 Å². The minimum atomic E-state index is -4.82. The van der Waals surface area contributed by atoms with Crippen LogP contribution in [0.3, 0.4) is 0 Å². The van der Waals surface area contributed by atoms with E-state index in [4.69, 9.17) is 11.6 Å². The number of pyridine rings is 1. The van der Waals surface area contributed by atoms with Crippen LogP contribution in [0.1, 0.15) is 27.9 Å². The molecule has 2 N–H and O–H groups in total. The van der Waals surface area contributed by atoms with Crippen LogP contribution in [-0.2, 0) is 27.8 Å². The van der Waals surface area contributed by atoms with E-state index in [1.165, 1.54) is 30.5 Å². The predicted molar refractivity (Wildman–Crippen MR) is 153 cm³/mol. The zero-order valence-corrected chi connectivity index (χ0v) is 23.9. The third-order valence-electron chi connectivity index (χ3n) is 6.38. The highest BCUT2D eigenvalue weighted by atomic mass is 35.5. The average Bonchev–Trinajstić information content (AvgIpc) is 2.96. The van der Waals surface area contributed by atoms with Crippen molar-refractivity contribution in [3.8, 4) is 5.75 Å². The van der Waals surface area contributed by atoms with Crippen molar-refractivity contribution in [1.82, 2.24) is 4.98 Å². The van der Waals surface area contributed by atoms with Crippen LogP contribution < -0.4 is 4.31 Å². The van der Waals surface area contributed by atoms with Gasteiger partial charge >= 0.3 is 12.3 Å². The number of benzene rings is 3. The smallest absolute Gasteiger partial charge is 0.500 e. The molecule has 0 spiro atoms. The van der Waals surface area contributed by atoms with E-state index in [0.29, 0.717) is 16.1 Å². The molecule has 0 saturated heterocycles. The molecule has 0 amide bonds. The fourth-order valence-electron chi connectivity index (χ4n) is 4.24. The molecule has 0 aliphatic heterocycles. The molecule has 0 fully saturated rings. The third kappa shape index (κ3) is 8.55. The lowest BCUT2D eigenvalue weighted by molar-refractivity contribution is -0.368. The first-order valence-corrected chi connectivity index (χ1v) is 14.6. The number of carboxylic acids is 1. The molecule has 0 aliphatic rings. The topological polar surface area (TPSA) is 117 Å². The zero-order valence-electron chi connectivity index (χ0n) is 22.3. The SMILES string of the molecule is O=C(CC(Cc1cccnc1)C(=O)O)c1ccc(N(Cc2ccc(Cl)cc2)S(=O)(=O)c2ccc([OH+]C(F)(F)F)cc2)cc1. The van der Waals surface area contributed by atoms with Crippen LogP contribution >= 0.6 is 11.6 Å². The number of Topliss-reactive ketones (excluding diaryl/α,β-unsaturated/α-hetero) is 1. The molecule has 0 bridgehead atoms. The van der Waals surface area contributed by atoms with Crippen molar-refractivity contribution >= 4 is 39.1 Å². The fourth-order valence-corrected chi connectivity index (χ4v) is 5.82. The number of anilines is 1. The summed E-state index contributed by atoms with van der Waals surface area (Å²) in [5.74, 6) is -3.03. The van der Waals surface area contributed by atoms with E-state index in [1.54, 1.807) is 42.6 Å². The molecule has 13 heteroatoms. The Kier molecular flexibility index (Phi) is 9.72. The van der Waals surface area contributed by atoms with E-state index >= 15 is 0 Å². The molecular formula is C30H25ClF3N2O6S+. The monoisotopic (exact) mass is 633 g/mol. The molecule has 224 valence electrons. The Morgan fingerprint density at radius 3 is 2.14 bits per heavy atom. The maximum atomic E-state index is 13.7. The fraction of sp³-hybridized carbons (Fsp3) is 0.167. The highest BCUT2D eigenvalue weighted by Crippen LogP contribution is 2.30. The number of carbonyl (C=O) groups is 2. The maximum absolute atomic E-state index is 13.7. The number of nitrogens with zero attached hydrogens (tertiary/aromatic N) is 2. The molecule has 0 aliphatic carbocycles. The number of carboxylic acid groups (broad SMARTS) is 1. The van der Waals surface area contributed by atoms with Crippen LogP contribution in [0.25, 0.3) is 0 Å². The Bertz CT molecular complexity index is 1670. The summed E-state index contributed by atoms with van der Waals surface area (Å²) in [6, 6.07) is 19.4. The van der Waals surface area contributed by atoms with Crippen LogP contribution in [0.2, 0.25) is 5.02 Å². The second kappa shape index (κ2) is 13.3. The molecule has 0 radical (unpaired) electrons. The predicted octanol–water partition coefficient (Wildman–Crippen LogP) is 6.41. The van der Waals surface area contributed by atoms with Crippen LogP contribution in [0.5, 0.6) is 5.75 Å². The number of alkyl halides is 3. The van der Waals surface area contributed by atoms with Crippen molar-refractivity contribution in [2.24, 2.45) is 5.92 Å².